The van der Waals surface area contributed by atoms with Gasteiger partial charge in [0, 0.05) is 46.9 Å². The lowest BCUT2D eigenvalue weighted by Crippen LogP contribution is -2.12. The fourth-order valence-electron chi connectivity index (χ4n) is 2.06. The SMILES string of the molecule is O=C(CCc1nc(-c2ccncc2)cs1)Nc1ccc(Cl)cc1. The molecule has 0 aliphatic rings. The van der Waals surface area contributed by atoms with Gasteiger partial charge in [-0.2, -0.15) is 0 Å². The van der Waals surface area contributed by atoms with Crippen molar-refractivity contribution in [3.8, 4) is 11.3 Å². The molecule has 2 heterocycles. The van der Waals surface area contributed by atoms with Crippen LogP contribution in [0.3, 0.4) is 0 Å². The monoisotopic (exact) mass is 343 g/mol. The minimum atomic E-state index is -0.0343. The average Bonchev–Trinajstić information content (AvgIpc) is 3.05. The summed E-state index contributed by atoms with van der Waals surface area (Å²) in [5.74, 6) is -0.0343. The topological polar surface area (TPSA) is 54.9 Å². The number of nitrogens with zero attached hydrogens (tertiary/aromatic N) is 2. The largest absolute Gasteiger partial charge is 0.326 e. The first-order chi connectivity index (χ1) is 11.2. The van der Waals surface area contributed by atoms with E-state index < -0.39 is 0 Å². The molecule has 0 saturated heterocycles. The van der Waals surface area contributed by atoms with E-state index in [0.717, 1.165) is 22.0 Å². The number of amides is 1. The molecule has 6 heteroatoms. The van der Waals surface area contributed by atoms with Gasteiger partial charge >= 0.3 is 0 Å². The second-order valence-electron chi connectivity index (χ2n) is 4.92. The Morgan fingerprint density at radius 2 is 1.87 bits per heavy atom. The van der Waals surface area contributed by atoms with Crippen LogP contribution < -0.4 is 5.32 Å². The van der Waals surface area contributed by atoms with Crippen LogP contribution in [0.4, 0.5) is 5.69 Å². The van der Waals surface area contributed by atoms with Gasteiger partial charge in [-0.15, -0.1) is 11.3 Å². The molecule has 0 aliphatic heterocycles. The highest BCUT2D eigenvalue weighted by atomic mass is 35.5. The normalized spacial score (nSPS) is 10.5. The van der Waals surface area contributed by atoms with Crippen molar-refractivity contribution < 1.29 is 4.79 Å². The highest BCUT2D eigenvalue weighted by molar-refractivity contribution is 7.09. The average molecular weight is 344 g/mol. The van der Waals surface area contributed by atoms with Gasteiger partial charge in [0.05, 0.1) is 10.7 Å². The van der Waals surface area contributed by atoms with Gasteiger partial charge in [0.15, 0.2) is 0 Å². The molecule has 0 radical (unpaired) electrons. The fourth-order valence-corrected chi connectivity index (χ4v) is 2.99. The van der Waals surface area contributed by atoms with Crippen molar-refractivity contribution in [2.45, 2.75) is 12.8 Å². The van der Waals surface area contributed by atoms with Crippen molar-refractivity contribution in [3.05, 3.63) is 64.2 Å². The number of anilines is 1. The van der Waals surface area contributed by atoms with Crippen LogP contribution in [-0.4, -0.2) is 15.9 Å². The Bertz CT molecular complexity index is 787. The molecule has 3 rings (SSSR count). The molecule has 1 aromatic carbocycles. The first kappa shape index (κ1) is 15.6. The molecular formula is C17H14ClN3OS. The maximum Gasteiger partial charge on any atom is 0.224 e. The van der Waals surface area contributed by atoms with E-state index in [4.69, 9.17) is 11.6 Å². The first-order valence-electron chi connectivity index (χ1n) is 7.11. The van der Waals surface area contributed by atoms with Crippen LogP contribution in [0.1, 0.15) is 11.4 Å². The number of aryl methyl sites for hydroxylation is 1. The predicted molar refractivity (Wildman–Crippen MR) is 93.7 cm³/mol. The third-order valence-electron chi connectivity index (χ3n) is 3.22. The lowest BCUT2D eigenvalue weighted by molar-refractivity contribution is -0.116. The van der Waals surface area contributed by atoms with Gasteiger partial charge in [0.1, 0.15) is 0 Å². The molecular weight excluding hydrogens is 330 g/mol. The third-order valence-corrected chi connectivity index (χ3v) is 4.38. The molecule has 1 N–H and O–H groups in total. The summed E-state index contributed by atoms with van der Waals surface area (Å²) in [5.41, 5.74) is 2.70. The number of hydrogen-bond donors (Lipinski definition) is 1. The molecule has 0 spiro atoms. The Labute approximate surface area is 143 Å². The third kappa shape index (κ3) is 4.37. The lowest BCUT2D eigenvalue weighted by Gasteiger charge is -2.04. The van der Waals surface area contributed by atoms with Crippen molar-refractivity contribution in [3.63, 3.8) is 0 Å². The second-order valence-corrected chi connectivity index (χ2v) is 6.30. The second kappa shape index (κ2) is 7.35. The van der Waals surface area contributed by atoms with Crippen LogP contribution in [-0.2, 0) is 11.2 Å². The van der Waals surface area contributed by atoms with Crippen molar-refractivity contribution in [1.82, 2.24) is 9.97 Å². The smallest absolute Gasteiger partial charge is 0.224 e. The Morgan fingerprint density at radius 3 is 2.61 bits per heavy atom. The van der Waals surface area contributed by atoms with Crippen LogP contribution >= 0.6 is 22.9 Å². The molecule has 3 aromatic rings. The zero-order valence-electron chi connectivity index (χ0n) is 12.2. The summed E-state index contributed by atoms with van der Waals surface area (Å²) in [6.07, 6.45) is 4.50. The van der Waals surface area contributed by atoms with Gasteiger partial charge in [-0.1, -0.05) is 11.6 Å². The van der Waals surface area contributed by atoms with Crippen molar-refractivity contribution in [2.24, 2.45) is 0 Å². The fraction of sp³-hybridized carbons (Fsp3) is 0.118. The number of carbonyl (C=O) groups excluding carboxylic acids is 1. The van der Waals surface area contributed by atoms with E-state index >= 15 is 0 Å². The number of benzene rings is 1. The van der Waals surface area contributed by atoms with E-state index in [1.165, 1.54) is 0 Å². The van der Waals surface area contributed by atoms with E-state index in [1.54, 1.807) is 48.0 Å². The standard InChI is InChI=1S/C17H14ClN3OS/c18-13-1-3-14(4-2-13)20-16(22)5-6-17-21-15(11-23-17)12-7-9-19-10-8-12/h1-4,7-11H,5-6H2,(H,20,22). The summed E-state index contributed by atoms with van der Waals surface area (Å²) in [5, 5.41) is 6.45. The zero-order chi connectivity index (χ0) is 16.1. The van der Waals surface area contributed by atoms with E-state index in [9.17, 15) is 4.79 Å². The molecule has 2 aromatic heterocycles. The Balaban J connectivity index is 1.55. The number of nitrogens with one attached hydrogen (secondary N) is 1. The summed E-state index contributed by atoms with van der Waals surface area (Å²) < 4.78 is 0. The molecule has 23 heavy (non-hydrogen) atoms. The van der Waals surface area contributed by atoms with E-state index in [1.807, 2.05) is 17.5 Å². The summed E-state index contributed by atoms with van der Waals surface area (Å²) in [6, 6.07) is 10.9. The highest BCUT2D eigenvalue weighted by Crippen LogP contribution is 2.22. The van der Waals surface area contributed by atoms with E-state index in [2.05, 4.69) is 15.3 Å². The number of thiazole rings is 1. The highest BCUT2D eigenvalue weighted by Gasteiger charge is 2.08. The Kier molecular flexibility index (Phi) is 5.00. The van der Waals surface area contributed by atoms with Gasteiger partial charge in [0.2, 0.25) is 5.91 Å². The van der Waals surface area contributed by atoms with Gasteiger partial charge < -0.3 is 5.32 Å². The van der Waals surface area contributed by atoms with Crippen molar-refractivity contribution >= 4 is 34.5 Å². The minimum Gasteiger partial charge on any atom is -0.326 e. The Morgan fingerprint density at radius 1 is 1.13 bits per heavy atom. The molecule has 0 saturated carbocycles. The van der Waals surface area contributed by atoms with Crippen LogP contribution in [0, 0.1) is 0 Å². The van der Waals surface area contributed by atoms with Crippen molar-refractivity contribution in [2.75, 3.05) is 5.32 Å². The molecule has 1 amide bonds. The van der Waals surface area contributed by atoms with Gasteiger partial charge in [-0.25, -0.2) is 4.98 Å². The molecule has 0 unspecified atom stereocenters. The lowest BCUT2D eigenvalue weighted by atomic mass is 10.2. The molecule has 0 bridgehead atoms. The molecule has 116 valence electrons. The van der Waals surface area contributed by atoms with Gasteiger partial charge in [-0.05, 0) is 36.4 Å². The number of halogens is 1. The number of rotatable bonds is 5. The van der Waals surface area contributed by atoms with Crippen LogP contribution in [0.25, 0.3) is 11.3 Å². The summed E-state index contributed by atoms with van der Waals surface area (Å²) in [7, 11) is 0. The van der Waals surface area contributed by atoms with E-state index in [0.29, 0.717) is 17.9 Å². The number of aromatic nitrogens is 2. The van der Waals surface area contributed by atoms with Crippen LogP contribution in [0.2, 0.25) is 5.02 Å². The first-order valence-corrected chi connectivity index (χ1v) is 8.37. The van der Waals surface area contributed by atoms with Crippen LogP contribution in [0.15, 0.2) is 54.2 Å². The Hall–Kier alpha value is -2.24. The number of hydrogen-bond acceptors (Lipinski definition) is 4. The van der Waals surface area contributed by atoms with E-state index in [-0.39, 0.29) is 5.91 Å². The summed E-state index contributed by atoms with van der Waals surface area (Å²) in [6.45, 7) is 0. The van der Waals surface area contributed by atoms with Crippen molar-refractivity contribution in [1.29, 1.82) is 0 Å². The zero-order valence-corrected chi connectivity index (χ0v) is 13.8. The number of pyridine rings is 1. The summed E-state index contributed by atoms with van der Waals surface area (Å²) >= 11 is 7.38. The van der Waals surface area contributed by atoms with Crippen LogP contribution in [0.5, 0.6) is 0 Å². The molecule has 4 nitrogen and oxygen atoms in total. The maximum absolute atomic E-state index is 12.0. The minimum absolute atomic E-state index is 0.0343. The molecule has 0 atom stereocenters. The quantitative estimate of drug-likeness (QED) is 0.745. The number of carbonyl (C=O) groups is 1. The van der Waals surface area contributed by atoms with Gasteiger partial charge in [-0.3, -0.25) is 9.78 Å². The summed E-state index contributed by atoms with van der Waals surface area (Å²) in [4.78, 5) is 20.5. The molecule has 0 fully saturated rings. The maximum atomic E-state index is 12.0. The molecule has 0 aliphatic carbocycles. The van der Waals surface area contributed by atoms with Gasteiger partial charge in [0.25, 0.3) is 0 Å². The predicted octanol–water partition coefficient (Wildman–Crippen LogP) is 4.43.